The van der Waals surface area contributed by atoms with Gasteiger partial charge in [-0.25, -0.2) is 0 Å². The lowest BCUT2D eigenvalue weighted by Gasteiger charge is -2.21. The Morgan fingerprint density at radius 3 is 1.33 bits per heavy atom. The Morgan fingerprint density at radius 1 is 0.889 bits per heavy atom. The van der Waals surface area contributed by atoms with Crippen LogP contribution in [0.3, 0.4) is 0 Å². The van der Waals surface area contributed by atoms with Gasteiger partial charge in [-0.2, -0.15) is 0 Å². The molecule has 0 saturated heterocycles. The van der Waals surface area contributed by atoms with Crippen LogP contribution >= 0.6 is 0 Å². The van der Waals surface area contributed by atoms with Gasteiger partial charge in [0.2, 0.25) is 5.91 Å². The molecule has 0 bridgehead atoms. The van der Waals surface area contributed by atoms with Crippen LogP contribution in [0.5, 0.6) is 0 Å². The quantitative estimate of drug-likeness (QED) is 0.706. The predicted octanol–water partition coefficient (Wildman–Crippen LogP) is 3.86. The first-order valence-electron chi connectivity index (χ1n) is 6.78. The van der Waals surface area contributed by atoms with Crippen LogP contribution in [0.2, 0.25) is 0 Å². The van der Waals surface area contributed by atoms with Crippen LogP contribution < -0.4 is 5.32 Å². The number of amides is 1. The second kappa shape index (κ2) is 9.03. The van der Waals surface area contributed by atoms with E-state index in [-0.39, 0.29) is 17.4 Å². The third-order valence-electron chi connectivity index (χ3n) is 1.68. The molecule has 1 amide bonds. The summed E-state index contributed by atoms with van der Waals surface area (Å²) in [5, 5.41) is 2.88. The molecule has 0 heterocycles. The summed E-state index contributed by atoms with van der Waals surface area (Å²) >= 11 is 0. The molecule has 18 heavy (non-hydrogen) atoms. The van der Waals surface area contributed by atoms with Crippen molar-refractivity contribution < 1.29 is 4.79 Å². The second-order valence-corrected chi connectivity index (χ2v) is 6.49. The molecule has 2 heteroatoms. The molecule has 0 aromatic carbocycles. The van der Waals surface area contributed by atoms with E-state index in [1.165, 1.54) is 0 Å². The topological polar surface area (TPSA) is 29.1 Å². The molecule has 0 spiro atoms. The maximum Gasteiger partial charge on any atom is 0.222 e. The molecule has 0 aliphatic carbocycles. The number of carbonyl (C=O) groups excluding carboxylic acids is 1. The van der Waals surface area contributed by atoms with Crippen molar-refractivity contribution in [2.45, 2.75) is 67.9 Å². The largest absolute Gasteiger partial charge is 0.351 e. The summed E-state index contributed by atoms with van der Waals surface area (Å²) in [6.07, 6.45) is 0. The lowest BCUT2D eigenvalue weighted by molar-refractivity contribution is -0.125. The molecule has 0 aliphatic rings. The van der Waals surface area contributed by atoms with Crippen molar-refractivity contribution >= 4 is 5.91 Å². The van der Waals surface area contributed by atoms with Crippen LogP contribution in [0, 0.1) is 29.6 Å². The first kappa shape index (κ1) is 19.4. The van der Waals surface area contributed by atoms with E-state index in [0.717, 1.165) is 0 Å². The highest BCUT2D eigenvalue weighted by molar-refractivity contribution is 5.78. The molecule has 106 valence electrons. The molecular weight excluding hydrogens is 222 g/mol. The third-order valence-corrected chi connectivity index (χ3v) is 1.68. The summed E-state index contributed by atoms with van der Waals surface area (Å²) < 4.78 is 0. The average Bonchev–Trinajstić information content (AvgIpc) is 2.12. The molecular formula is C16H31NO. The summed E-state index contributed by atoms with van der Waals surface area (Å²) in [5.41, 5.74) is -0.0959. The summed E-state index contributed by atoms with van der Waals surface area (Å²) in [5.74, 6) is 7.44. The van der Waals surface area contributed by atoms with E-state index in [1.807, 2.05) is 34.6 Å². The van der Waals surface area contributed by atoms with Crippen molar-refractivity contribution in [1.82, 2.24) is 5.32 Å². The summed E-state index contributed by atoms with van der Waals surface area (Å²) in [7, 11) is 0. The fourth-order valence-electron chi connectivity index (χ4n) is 0.847. The Morgan fingerprint density at radius 2 is 1.22 bits per heavy atom. The Kier molecular flexibility index (Phi) is 9.71. The van der Waals surface area contributed by atoms with E-state index in [9.17, 15) is 4.79 Å². The summed E-state index contributed by atoms with van der Waals surface area (Å²) in [6.45, 7) is 18.1. The first-order valence-corrected chi connectivity index (χ1v) is 6.78. The SMILES string of the molecule is CC(C)C#CC(C)C.CC(C)C(=O)NC(C)(C)C. The Labute approximate surface area is 114 Å². The smallest absolute Gasteiger partial charge is 0.222 e. The predicted molar refractivity (Wildman–Crippen MR) is 80.2 cm³/mol. The number of rotatable bonds is 1. The van der Waals surface area contributed by atoms with Gasteiger partial charge in [0.15, 0.2) is 0 Å². The molecule has 0 rings (SSSR count). The number of hydrogen-bond donors (Lipinski definition) is 1. The summed E-state index contributed by atoms with van der Waals surface area (Å²) in [4.78, 5) is 11.0. The van der Waals surface area contributed by atoms with E-state index in [0.29, 0.717) is 11.8 Å². The van der Waals surface area contributed by atoms with Crippen molar-refractivity contribution in [2.75, 3.05) is 0 Å². The van der Waals surface area contributed by atoms with Crippen molar-refractivity contribution in [2.24, 2.45) is 17.8 Å². The van der Waals surface area contributed by atoms with Crippen LogP contribution in [-0.2, 0) is 4.79 Å². The molecule has 0 unspecified atom stereocenters. The highest BCUT2D eigenvalue weighted by Crippen LogP contribution is 2.01. The van der Waals surface area contributed by atoms with Crippen LogP contribution in [0.4, 0.5) is 0 Å². The van der Waals surface area contributed by atoms with Gasteiger partial charge in [0.25, 0.3) is 0 Å². The van der Waals surface area contributed by atoms with Crippen LogP contribution in [0.25, 0.3) is 0 Å². The number of carbonyl (C=O) groups is 1. The van der Waals surface area contributed by atoms with E-state index in [4.69, 9.17) is 0 Å². The lowest BCUT2D eigenvalue weighted by atomic mass is 10.1. The second-order valence-electron chi connectivity index (χ2n) is 6.49. The first-order chi connectivity index (χ1) is 7.95. The standard InChI is InChI=1S/C8H17NO.C8H14/c1-6(2)7(10)9-8(3,4)5;1-7(2)5-6-8(3)4/h6H,1-5H3,(H,9,10);7-8H,1-4H3. The molecule has 0 aliphatic heterocycles. The van der Waals surface area contributed by atoms with Crippen molar-refractivity contribution in [3.05, 3.63) is 0 Å². The molecule has 0 aromatic heterocycles. The lowest BCUT2D eigenvalue weighted by Crippen LogP contribution is -2.42. The summed E-state index contributed by atoms with van der Waals surface area (Å²) in [6, 6.07) is 0. The van der Waals surface area contributed by atoms with Crippen molar-refractivity contribution in [1.29, 1.82) is 0 Å². The Bertz CT molecular complexity index is 272. The molecule has 1 N–H and O–H groups in total. The molecule has 0 fully saturated rings. The van der Waals surface area contributed by atoms with E-state index >= 15 is 0 Å². The van der Waals surface area contributed by atoms with Crippen LogP contribution in [0.15, 0.2) is 0 Å². The average molecular weight is 253 g/mol. The molecule has 0 atom stereocenters. The Balaban J connectivity index is 0. The monoisotopic (exact) mass is 253 g/mol. The van der Waals surface area contributed by atoms with Gasteiger partial charge in [-0.1, -0.05) is 41.5 Å². The van der Waals surface area contributed by atoms with Gasteiger partial charge in [0.05, 0.1) is 0 Å². The normalized spacial score (nSPS) is 10.7. The zero-order chi connectivity index (χ0) is 14.9. The van der Waals surface area contributed by atoms with E-state index < -0.39 is 0 Å². The van der Waals surface area contributed by atoms with Gasteiger partial charge in [0, 0.05) is 23.3 Å². The van der Waals surface area contributed by atoms with Gasteiger partial charge in [-0.3, -0.25) is 4.79 Å². The highest BCUT2D eigenvalue weighted by atomic mass is 16.1. The van der Waals surface area contributed by atoms with Gasteiger partial charge in [-0.15, -0.1) is 11.8 Å². The van der Waals surface area contributed by atoms with Crippen molar-refractivity contribution in [3.8, 4) is 11.8 Å². The highest BCUT2D eigenvalue weighted by Gasteiger charge is 2.15. The number of hydrogen-bond acceptors (Lipinski definition) is 1. The zero-order valence-corrected chi connectivity index (χ0v) is 13.6. The number of nitrogens with one attached hydrogen (secondary N) is 1. The van der Waals surface area contributed by atoms with Crippen LogP contribution in [0.1, 0.15) is 62.3 Å². The molecule has 2 nitrogen and oxygen atoms in total. The van der Waals surface area contributed by atoms with Gasteiger partial charge in [-0.05, 0) is 20.8 Å². The van der Waals surface area contributed by atoms with E-state index in [1.54, 1.807) is 0 Å². The van der Waals surface area contributed by atoms with Gasteiger partial charge in [0.1, 0.15) is 0 Å². The fraction of sp³-hybridized carbons (Fsp3) is 0.812. The fourth-order valence-corrected chi connectivity index (χ4v) is 0.847. The van der Waals surface area contributed by atoms with E-state index in [2.05, 4.69) is 44.9 Å². The minimum absolute atomic E-state index is 0.0826. The minimum Gasteiger partial charge on any atom is -0.351 e. The zero-order valence-electron chi connectivity index (χ0n) is 13.6. The molecule has 0 radical (unpaired) electrons. The minimum atomic E-state index is -0.0959. The Hall–Kier alpha value is -0.970. The molecule has 0 saturated carbocycles. The van der Waals surface area contributed by atoms with Gasteiger partial charge >= 0.3 is 0 Å². The third kappa shape index (κ3) is 17.4. The maximum atomic E-state index is 11.0. The van der Waals surface area contributed by atoms with Crippen LogP contribution in [-0.4, -0.2) is 11.4 Å². The maximum absolute atomic E-state index is 11.0. The van der Waals surface area contributed by atoms with Gasteiger partial charge < -0.3 is 5.32 Å². The molecule has 0 aromatic rings. The van der Waals surface area contributed by atoms with Crippen molar-refractivity contribution in [3.63, 3.8) is 0 Å².